The number of carbonyl (C=O) groups is 2. The van der Waals surface area contributed by atoms with Gasteiger partial charge in [-0.1, -0.05) is 103 Å². The number of Topliss-reactive ketones (excluding diaryl/α,β-unsaturated/α-hetero) is 1. The number of aliphatic hydroxyl groups is 1. The van der Waals surface area contributed by atoms with Gasteiger partial charge in [-0.05, 0) is 29.7 Å². The van der Waals surface area contributed by atoms with Crippen molar-refractivity contribution in [3.05, 3.63) is 107 Å². The van der Waals surface area contributed by atoms with E-state index in [4.69, 9.17) is 4.74 Å². The zero-order chi connectivity index (χ0) is 26.5. The van der Waals surface area contributed by atoms with Crippen molar-refractivity contribution >= 4 is 45.7 Å². The monoisotopic (exact) mass is 543 g/mol. The van der Waals surface area contributed by atoms with E-state index in [-0.39, 0.29) is 11.3 Å². The van der Waals surface area contributed by atoms with Gasteiger partial charge in [-0.15, -0.1) is 10.2 Å². The number of ketones is 1. The van der Waals surface area contributed by atoms with Crippen LogP contribution < -0.4 is 9.64 Å². The Hall–Kier alpha value is -3.95. The molecule has 1 saturated heterocycles. The van der Waals surface area contributed by atoms with E-state index in [2.05, 4.69) is 10.2 Å². The van der Waals surface area contributed by atoms with Crippen LogP contribution in [0.2, 0.25) is 0 Å². The Bertz CT molecular complexity index is 1470. The summed E-state index contributed by atoms with van der Waals surface area (Å²) in [7, 11) is 0. The SMILES string of the molecule is CCCOc1cccc(C2C(=C(O)c3ccccc3)C(=O)C(=O)N2c2nnc(SCc3ccccc3)s2)c1. The largest absolute Gasteiger partial charge is 0.507 e. The number of hydrogen-bond acceptors (Lipinski definition) is 8. The van der Waals surface area contributed by atoms with E-state index in [1.807, 2.05) is 61.5 Å². The van der Waals surface area contributed by atoms with E-state index in [1.54, 1.807) is 30.3 Å². The average Bonchev–Trinajstić information content (AvgIpc) is 3.53. The molecule has 1 atom stereocenters. The summed E-state index contributed by atoms with van der Waals surface area (Å²) < 4.78 is 6.49. The average molecular weight is 544 g/mol. The molecule has 0 aliphatic carbocycles. The van der Waals surface area contributed by atoms with Gasteiger partial charge >= 0.3 is 5.91 Å². The van der Waals surface area contributed by atoms with Gasteiger partial charge in [-0.25, -0.2) is 0 Å². The number of carbonyl (C=O) groups excluding carboxylic acids is 2. The Morgan fingerprint density at radius 3 is 2.47 bits per heavy atom. The lowest BCUT2D eigenvalue weighted by molar-refractivity contribution is -0.132. The van der Waals surface area contributed by atoms with Gasteiger partial charge in [0.25, 0.3) is 5.78 Å². The number of rotatable bonds is 9. The van der Waals surface area contributed by atoms with Crippen molar-refractivity contribution < 1.29 is 19.4 Å². The second-order valence-corrected chi connectivity index (χ2v) is 10.8. The minimum atomic E-state index is -0.889. The molecule has 9 heteroatoms. The maximum Gasteiger partial charge on any atom is 0.301 e. The first-order valence-electron chi connectivity index (χ1n) is 12.2. The van der Waals surface area contributed by atoms with Crippen molar-refractivity contribution in [2.45, 2.75) is 29.5 Å². The minimum Gasteiger partial charge on any atom is -0.507 e. The normalized spacial score (nSPS) is 16.7. The fourth-order valence-corrected chi connectivity index (χ4v) is 5.99. The van der Waals surface area contributed by atoms with E-state index in [0.29, 0.717) is 38.7 Å². The molecular weight excluding hydrogens is 518 g/mol. The van der Waals surface area contributed by atoms with Crippen LogP contribution in [0.1, 0.15) is 36.1 Å². The molecular formula is C29H25N3O4S2. The van der Waals surface area contributed by atoms with Crippen LogP contribution in [0, 0.1) is 0 Å². The van der Waals surface area contributed by atoms with Crippen molar-refractivity contribution in [3.63, 3.8) is 0 Å². The highest BCUT2D eigenvalue weighted by Gasteiger charge is 2.48. The molecule has 1 aromatic heterocycles. The van der Waals surface area contributed by atoms with Gasteiger partial charge in [0.1, 0.15) is 11.5 Å². The number of anilines is 1. The summed E-state index contributed by atoms with van der Waals surface area (Å²) in [4.78, 5) is 28.1. The molecule has 1 fully saturated rings. The summed E-state index contributed by atoms with van der Waals surface area (Å²) >= 11 is 2.75. The van der Waals surface area contributed by atoms with Crippen LogP contribution in [-0.2, 0) is 15.3 Å². The molecule has 192 valence electrons. The van der Waals surface area contributed by atoms with Gasteiger partial charge in [-0.2, -0.15) is 0 Å². The molecule has 1 N–H and O–H groups in total. The van der Waals surface area contributed by atoms with Gasteiger partial charge in [0.15, 0.2) is 4.34 Å². The number of aliphatic hydroxyl groups excluding tert-OH is 1. The Morgan fingerprint density at radius 1 is 1.00 bits per heavy atom. The molecule has 1 amide bonds. The van der Waals surface area contributed by atoms with Gasteiger partial charge in [-0.3, -0.25) is 14.5 Å². The highest BCUT2D eigenvalue weighted by Crippen LogP contribution is 2.44. The fraction of sp³-hybridized carbons (Fsp3) is 0.172. The van der Waals surface area contributed by atoms with Crippen molar-refractivity contribution in [1.29, 1.82) is 0 Å². The first-order chi connectivity index (χ1) is 18.6. The van der Waals surface area contributed by atoms with Crippen LogP contribution >= 0.6 is 23.1 Å². The molecule has 0 radical (unpaired) electrons. The second kappa shape index (κ2) is 11.6. The number of hydrogen-bond donors (Lipinski definition) is 1. The zero-order valence-corrected chi connectivity index (χ0v) is 22.2. The Labute approximate surface area is 228 Å². The first-order valence-corrected chi connectivity index (χ1v) is 14.0. The smallest absolute Gasteiger partial charge is 0.301 e. The number of aromatic nitrogens is 2. The van der Waals surface area contributed by atoms with Crippen LogP contribution in [0.15, 0.2) is 94.8 Å². The number of nitrogens with zero attached hydrogens (tertiary/aromatic N) is 3. The lowest BCUT2D eigenvalue weighted by atomic mass is 9.95. The third-order valence-corrected chi connectivity index (χ3v) is 8.07. The summed E-state index contributed by atoms with van der Waals surface area (Å²) in [5, 5.41) is 20.1. The zero-order valence-electron chi connectivity index (χ0n) is 20.6. The third-order valence-electron chi connectivity index (χ3n) is 5.95. The number of ether oxygens (including phenoxy) is 1. The summed E-state index contributed by atoms with van der Waals surface area (Å²) in [5.74, 6) is -0.457. The van der Waals surface area contributed by atoms with E-state index >= 15 is 0 Å². The molecule has 3 aromatic carbocycles. The standard InChI is InChI=1S/C29H25N3O4S2/c1-2-16-36-22-15-9-14-21(17-22)24-23(25(33)20-12-7-4-8-13-20)26(34)27(35)32(24)28-30-31-29(38-28)37-18-19-10-5-3-6-11-19/h3-15,17,24,33H,2,16,18H2,1H3. The van der Waals surface area contributed by atoms with Crippen molar-refractivity contribution in [1.82, 2.24) is 10.2 Å². The Kier molecular flexibility index (Phi) is 7.86. The molecule has 2 heterocycles. The summed E-state index contributed by atoms with van der Waals surface area (Å²) in [5.41, 5.74) is 2.22. The lowest BCUT2D eigenvalue weighted by Crippen LogP contribution is -2.29. The quantitative estimate of drug-likeness (QED) is 0.0877. The molecule has 7 nitrogen and oxygen atoms in total. The van der Waals surface area contributed by atoms with Gasteiger partial charge in [0.2, 0.25) is 5.13 Å². The highest BCUT2D eigenvalue weighted by molar-refractivity contribution is 8.00. The molecule has 38 heavy (non-hydrogen) atoms. The number of benzene rings is 3. The molecule has 1 aliphatic heterocycles. The summed E-state index contributed by atoms with van der Waals surface area (Å²) in [6, 6.07) is 25.1. The number of amides is 1. The van der Waals surface area contributed by atoms with E-state index < -0.39 is 17.7 Å². The highest BCUT2D eigenvalue weighted by atomic mass is 32.2. The molecule has 0 saturated carbocycles. The van der Waals surface area contributed by atoms with Crippen LogP contribution in [0.5, 0.6) is 5.75 Å². The van der Waals surface area contributed by atoms with Crippen LogP contribution in [0.4, 0.5) is 5.13 Å². The van der Waals surface area contributed by atoms with Crippen LogP contribution in [0.25, 0.3) is 5.76 Å². The summed E-state index contributed by atoms with van der Waals surface area (Å²) in [6.45, 7) is 2.55. The fourth-order valence-electron chi connectivity index (χ4n) is 4.17. The van der Waals surface area contributed by atoms with Crippen LogP contribution in [-0.4, -0.2) is 33.6 Å². The Morgan fingerprint density at radius 2 is 1.74 bits per heavy atom. The van der Waals surface area contributed by atoms with E-state index in [1.165, 1.54) is 28.0 Å². The third kappa shape index (κ3) is 5.34. The molecule has 1 aliphatic rings. The molecule has 5 rings (SSSR count). The molecule has 4 aromatic rings. The van der Waals surface area contributed by atoms with Crippen molar-refractivity contribution in [3.8, 4) is 5.75 Å². The molecule has 0 spiro atoms. The summed E-state index contributed by atoms with van der Waals surface area (Å²) in [6.07, 6.45) is 0.838. The van der Waals surface area contributed by atoms with Crippen molar-refractivity contribution in [2.75, 3.05) is 11.5 Å². The maximum absolute atomic E-state index is 13.4. The van der Waals surface area contributed by atoms with E-state index in [9.17, 15) is 14.7 Å². The minimum absolute atomic E-state index is 0.00234. The topological polar surface area (TPSA) is 92.6 Å². The van der Waals surface area contributed by atoms with Crippen LogP contribution in [0.3, 0.4) is 0 Å². The second-order valence-electron chi connectivity index (χ2n) is 8.58. The number of thioether (sulfide) groups is 1. The Balaban J connectivity index is 1.55. The first kappa shape index (κ1) is 25.7. The molecule has 1 unspecified atom stereocenters. The van der Waals surface area contributed by atoms with Gasteiger partial charge in [0, 0.05) is 11.3 Å². The predicted molar refractivity (Wildman–Crippen MR) is 149 cm³/mol. The molecule has 0 bridgehead atoms. The van der Waals surface area contributed by atoms with Gasteiger partial charge < -0.3 is 9.84 Å². The lowest BCUT2D eigenvalue weighted by Gasteiger charge is -2.23. The van der Waals surface area contributed by atoms with E-state index in [0.717, 1.165) is 12.0 Å². The predicted octanol–water partition coefficient (Wildman–Crippen LogP) is 6.25. The van der Waals surface area contributed by atoms with Gasteiger partial charge in [0.05, 0.1) is 18.2 Å². The van der Waals surface area contributed by atoms with Crippen molar-refractivity contribution in [2.24, 2.45) is 0 Å². The maximum atomic E-state index is 13.4.